The second kappa shape index (κ2) is 16.9. The third kappa shape index (κ3) is 13.3. The quantitative estimate of drug-likeness (QED) is 0.433. The molecule has 1 rings (SSSR count). The summed E-state index contributed by atoms with van der Waals surface area (Å²) in [7, 11) is 4.49. The Morgan fingerprint density at radius 1 is 0.800 bits per heavy atom. The van der Waals surface area contributed by atoms with Crippen LogP contribution >= 0.6 is 0 Å². The van der Waals surface area contributed by atoms with Gasteiger partial charge < -0.3 is 26.6 Å². The highest BCUT2D eigenvalue weighted by Gasteiger charge is 2.15. The number of hydrogen-bond acceptors (Lipinski definition) is 1. The normalized spacial score (nSPS) is 12.0. The van der Waals surface area contributed by atoms with Crippen molar-refractivity contribution in [3.05, 3.63) is 30.3 Å². The maximum Gasteiger partial charge on any atom is 0.140 e. The van der Waals surface area contributed by atoms with Crippen LogP contribution in [0, 0.1) is 0 Å². The van der Waals surface area contributed by atoms with Crippen molar-refractivity contribution in [3.63, 3.8) is 0 Å². The molecule has 1 atom stereocenters. The van der Waals surface area contributed by atoms with Crippen molar-refractivity contribution in [2.45, 2.75) is 83.6 Å². The largest absolute Gasteiger partial charge is 1.00 e. The first kappa shape index (κ1) is 24.5. The summed E-state index contributed by atoms with van der Waals surface area (Å²) in [5, 5.41) is 0. The molecule has 0 aromatic heterocycles. The number of quaternary nitrogens is 1. The van der Waals surface area contributed by atoms with Crippen LogP contribution in [0.5, 0.6) is 5.75 Å². The van der Waals surface area contributed by atoms with Crippen LogP contribution in [-0.4, -0.2) is 26.7 Å². The summed E-state index contributed by atoms with van der Waals surface area (Å²) in [5.74, 6) is 0.992. The van der Waals surface area contributed by atoms with Crippen LogP contribution in [0.15, 0.2) is 30.3 Å². The monoisotopic (exact) mass is 413 g/mol. The molecule has 1 aromatic rings. The lowest BCUT2D eigenvalue weighted by molar-refractivity contribution is -0.886. The number of rotatable bonds is 15. The number of unbranched alkanes of at least 4 members (excludes halogenated alkanes) is 9. The fraction of sp³-hybridized carbons (Fsp3) is 0.727. The molecule has 0 amide bonds. The van der Waals surface area contributed by atoms with Crippen molar-refractivity contribution >= 4 is 0 Å². The molecule has 0 aliphatic heterocycles. The average molecular weight is 414 g/mol. The Labute approximate surface area is 167 Å². The molecule has 146 valence electrons. The maximum absolute atomic E-state index is 5.95. The Morgan fingerprint density at radius 2 is 1.32 bits per heavy atom. The molecule has 0 bridgehead atoms. The molecule has 1 aromatic carbocycles. The summed E-state index contributed by atoms with van der Waals surface area (Å²) in [6, 6.07) is 10.8. The summed E-state index contributed by atoms with van der Waals surface area (Å²) in [4.78, 5) is 1.50. The van der Waals surface area contributed by atoms with E-state index in [0.717, 1.165) is 12.4 Å². The smallest absolute Gasteiger partial charge is 0.140 e. The third-order valence-electron chi connectivity index (χ3n) is 4.92. The predicted octanol–water partition coefficient (Wildman–Crippen LogP) is 1.89. The van der Waals surface area contributed by atoms with Crippen LogP contribution in [0.3, 0.4) is 0 Å². The Kier molecular flexibility index (Phi) is 16.5. The van der Waals surface area contributed by atoms with E-state index < -0.39 is 0 Å². The molecule has 1 N–H and O–H groups in total. The number of hydrogen-bond donors (Lipinski definition) is 1. The van der Waals surface area contributed by atoms with Crippen molar-refractivity contribution in [1.29, 1.82) is 0 Å². The fourth-order valence-electron chi connectivity index (χ4n) is 3.13. The highest BCUT2D eigenvalue weighted by molar-refractivity contribution is 5.20. The lowest BCUT2D eigenvalue weighted by atomic mass is 10.0. The second-order valence-electron chi connectivity index (χ2n) is 7.37. The zero-order chi connectivity index (χ0) is 17.5. The number of para-hydroxylation sites is 1. The summed E-state index contributed by atoms with van der Waals surface area (Å²) < 4.78 is 5.95. The summed E-state index contributed by atoms with van der Waals surface area (Å²) in [6.07, 6.45) is 15.3. The number of nitrogens with one attached hydrogen (secondary N) is 1. The van der Waals surface area contributed by atoms with Gasteiger partial charge in [-0.3, -0.25) is 0 Å². The van der Waals surface area contributed by atoms with Crippen molar-refractivity contribution in [2.75, 3.05) is 20.7 Å². The molecule has 1 unspecified atom stereocenters. The van der Waals surface area contributed by atoms with Crippen molar-refractivity contribution in [3.8, 4) is 5.75 Å². The van der Waals surface area contributed by atoms with Gasteiger partial charge in [-0.15, -0.1) is 0 Å². The van der Waals surface area contributed by atoms with Gasteiger partial charge in [0.05, 0.1) is 14.1 Å². The van der Waals surface area contributed by atoms with E-state index in [1.807, 2.05) is 30.3 Å². The van der Waals surface area contributed by atoms with Crippen LogP contribution in [0.25, 0.3) is 0 Å². The molecule has 25 heavy (non-hydrogen) atoms. The SMILES string of the molecule is CCCCCCCCCCCCC(COc1ccccc1)[NH+](C)C.[Br-]. The molecular formula is C22H40BrNO. The Morgan fingerprint density at radius 3 is 1.84 bits per heavy atom. The number of likely N-dealkylation sites (N-methyl/N-ethyl adjacent to an activating group) is 1. The number of ether oxygens (including phenoxy) is 1. The minimum absolute atomic E-state index is 0. The molecule has 3 heteroatoms. The number of halogens is 1. The van der Waals surface area contributed by atoms with E-state index >= 15 is 0 Å². The first-order valence-electron chi connectivity index (χ1n) is 10.2. The van der Waals surface area contributed by atoms with Crippen LogP contribution in [-0.2, 0) is 0 Å². The topological polar surface area (TPSA) is 13.7 Å². The molecule has 0 radical (unpaired) electrons. The van der Waals surface area contributed by atoms with Gasteiger partial charge >= 0.3 is 0 Å². The van der Waals surface area contributed by atoms with Gasteiger partial charge in [0.15, 0.2) is 0 Å². The third-order valence-corrected chi connectivity index (χ3v) is 4.92. The summed E-state index contributed by atoms with van der Waals surface area (Å²) in [5.41, 5.74) is 0. The minimum atomic E-state index is 0. The average Bonchev–Trinajstić information content (AvgIpc) is 2.59. The van der Waals surface area contributed by atoms with Crippen molar-refractivity contribution in [1.82, 2.24) is 0 Å². The molecular weight excluding hydrogens is 374 g/mol. The van der Waals surface area contributed by atoms with Gasteiger partial charge in [-0.1, -0.05) is 82.9 Å². The molecule has 0 aliphatic rings. The van der Waals surface area contributed by atoms with Crippen LogP contribution in [0.1, 0.15) is 77.6 Å². The fourth-order valence-corrected chi connectivity index (χ4v) is 3.13. The lowest BCUT2D eigenvalue weighted by Crippen LogP contribution is -3.10. The highest BCUT2D eigenvalue weighted by atomic mass is 79.9. The summed E-state index contributed by atoms with van der Waals surface area (Å²) >= 11 is 0. The van der Waals surface area contributed by atoms with Gasteiger partial charge in [-0.25, -0.2) is 0 Å². The molecule has 0 aliphatic carbocycles. The van der Waals surface area contributed by atoms with E-state index in [1.54, 1.807) is 0 Å². The van der Waals surface area contributed by atoms with E-state index in [4.69, 9.17) is 4.74 Å². The maximum atomic E-state index is 5.95. The molecule has 0 heterocycles. The van der Waals surface area contributed by atoms with E-state index in [9.17, 15) is 0 Å². The first-order valence-corrected chi connectivity index (χ1v) is 10.2. The summed E-state index contributed by atoms with van der Waals surface area (Å²) in [6.45, 7) is 3.11. The van der Waals surface area contributed by atoms with Crippen molar-refractivity contribution < 1.29 is 26.6 Å². The minimum Gasteiger partial charge on any atom is -1.00 e. The molecule has 0 saturated heterocycles. The van der Waals surface area contributed by atoms with Gasteiger partial charge in [-0.05, 0) is 18.6 Å². The molecule has 0 fully saturated rings. The Bertz CT molecular complexity index is 383. The van der Waals surface area contributed by atoms with Crippen LogP contribution < -0.4 is 26.6 Å². The predicted molar refractivity (Wildman–Crippen MR) is 105 cm³/mol. The number of benzene rings is 1. The van der Waals surface area contributed by atoms with Gasteiger partial charge in [0.25, 0.3) is 0 Å². The van der Waals surface area contributed by atoms with E-state index in [0.29, 0.717) is 6.04 Å². The van der Waals surface area contributed by atoms with E-state index in [-0.39, 0.29) is 17.0 Å². The van der Waals surface area contributed by atoms with Gasteiger partial charge in [-0.2, -0.15) is 0 Å². The van der Waals surface area contributed by atoms with Gasteiger partial charge in [0.1, 0.15) is 18.4 Å². The van der Waals surface area contributed by atoms with Crippen LogP contribution in [0.2, 0.25) is 0 Å². The van der Waals surface area contributed by atoms with Gasteiger partial charge in [0, 0.05) is 6.42 Å². The van der Waals surface area contributed by atoms with Crippen molar-refractivity contribution in [2.24, 2.45) is 0 Å². The van der Waals surface area contributed by atoms with Gasteiger partial charge in [0.2, 0.25) is 0 Å². The Balaban J connectivity index is 0.00000576. The first-order chi connectivity index (χ1) is 11.7. The molecule has 0 saturated carbocycles. The zero-order valence-electron chi connectivity index (χ0n) is 16.7. The second-order valence-corrected chi connectivity index (χ2v) is 7.37. The zero-order valence-corrected chi connectivity index (χ0v) is 18.3. The van der Waals surface area contributed by atoms with E-state index in [1.165, 1.54) is 75.5 Å². The molecule has 0 spiro atoms. The molecule has 2 nitrogen and oxygen atoms in total. The van der Waals surface area contributed by atoms with Crippen LogP contribution in [0.4, 0.5) is 0 Å². The standard InChI is InChI=1S/C22H39NO.BrH/c1-4-5-6-7-8-9-10-11-12-14-17-21(23(2)3)20-24-22-18-15-13-16-19-22;/h13,15-16,18-19,21H,4-12,14,17,20H2,1-3H3;1H. The Hall–Kier alpha value is -0.540. The van der Waals surface area contributed by atoms with E-state index in [2.05, 4.69) is 21.0 Å². The lowest BCUT2D eigenvalue weighted by Gasteiger charge is -2.21. The highest BCUT2D eigenvalue weighted by Crippen LogP contribution is 2.13.